The van der Waals surface area contributed by atoms with Crippen LogP contribution in [-0.2, 0) is 4.74 Å². The minimum absolute atomic E-state index is 0.604. The lowest BCUT2D eigenvalue weighted by Gasteiger charge is -1.96. The molecule has 0 unspecified atom stereocenters. The third kappa shape index (κ3) is 15.3. The molecule has 0 aliphatic heterocycles. The zero-order valence-electron chi connectivity index (χ0n) is 11.5. The lowest BCUT2D eigenvalue weighted by Crippen LogP contribution is -1.99. The van der Waals surface area contributed by atoms with Crippen LogP contribution in [0.2, 0.25) is 0 Å². The Hall–Kier alpha value is -0.700. The van der Waals surface area contributed by atoms with Crippen molar-refractivity contribution in [2.24, 2.45) is 9.98 Å². The van der Waals surface area contributed by atoms with E-state index in [1.54, 1.807) is 0 Å². The van der Waals surface area contributed by atoms with E-state index >= 15 is 0 Å². The van der Waals surface area contributed by atoms with Crippen LogP contribution in [0, 0.1) is 0 Å². The summed E-state index contributed by atoms with van der Waals surface area (Å²) in [5, 5.41) is 0. The molecular formula is C14H28N2O. The van der Waals surface area contributed by atoms with Crippen molar-refractivity contribution in [1.29, 1.82) is 0 Å². The van der Waals surface area contributed by atoms with Gasteiger partial charge in [-0.3, -0.25) is 9.98 Å². The average molecular weight is 240 g/mol. The molecule has 0 amide bonds. The lowest BCUT2D eigenvalue weighted by atomic mass is 10.2. The first-order valence-corrected chi connectivity index (χ1v) is 6.96. The quantitative estimate of drug-likeness (QED) is 0.379. The summed E-state index contributed by atoms with van der Waals surface area (Å²) in [6.45, 7) is 7.48. The van der Waals surface area contributed by atoms with Gasteiger partial charge in [-0.1, -0.05) is 39.5 Å². The van der Waals surface area contributed by atoms with E-state index < -0.39 is 0 Å². The number of unbranched alkanes of at least 4 members (excludes halogenated alkanes) is 4. The second-order valence-electron chi connectivity index (χ2n) is 4.13. The van der Waals surface area contributed by atoms with Gasteiger partial charge in [-0.15, -0.1) is 0 Å². The number of aliphatic imine (C=N–C) groups is 2. The molecule has 0 aromatic heterocycles. The third-order valence-electron chi connectivity index (χ3n) is 2.42. The van der Waals surface area contributed by atoms with E-state index in [1.807, 2.05) is 12.4 Å². The number of nitrogens with zero attached hydrogens (tertiary/aromatic N) is 2. The van der Waals surface area contributed by atoms with Crippen molar-refractivity contribution < 1.29 is 4.74 Å². The van der Waals surface area contributed by atoms with Crippen molar-refractivity contribution >= 4 is 12.4 Å². The molecule has 17 heavy (non-hydrogen) atoms. The van der Waals surface area contributed by atoms with Crippen LogP contribution in [0.25, 0.3) is 0 Å². The normalized spacial score (nSPS) is 11.9. The zero-order chi connectivity index (χ0) is 12.6. The standard InChI is InChI=1S/C14H28N2O/c1-3-5-7-9-15-11-13-17-14-12-16-10-8-6-4-2/h11-12H,3-10,13-14H2,1-2H3. The smallest absolute Gasteiger partial charge is 0.0819 e. The number of hydrogen-bond acceptors (Lipinski definition) is 3. The first-order chi connectivity index (χ1) is 8.41. The topological polar surface area (TPSA) is 34.0 Å². The molecule has 0 aromatic rings. The van der Waals surface area contributed by atoms with Crippen molar-refractivity contribution in [3.8, 4) is 0 Å². The van der Waals surface area contributed by atoms with Gasteiger partial charge in [0.2, 0.25) is 0 Å². The molecule has 100 valence electrons. The fourth-order valence-electron chi connectivity index (χ4n) is 1.37. The highest BCUT2D eigenvalue weighted by Crippen LogP contribution is 1.93. The van der Waals surface area contributed by atoms with Crippen molar-refractivity contribution in [2.45, 2.75) is 52.4 Å². The second kappa shape index (κ2) is 15.3. The van der Waals surface area contributed by atoms with Gasteiger partial charge in [-0.05, 0) is 12.8 Å². The van der Waals surface area contributed by atoms with Crippen LogP contribution in [0.3, 0.4) is 0 Å². The Labute approximate surface area is 106 Å². The molecule has 0 rings (SSSR count). The van der Waals surface area contributed by atoms with E-state index in [1.165, 1.54) is 38.5 Å². The molecule has 0 saturated carbocycles. The van der Waals surface area contributed by atoms with Gasteiger partial charge in [0.1, 0.15) is 0 Å². The van der Waals surface area contributed by atoms with E-state index in [-0.39, 0.29) is 0 Å². The summed E-state index contributed by atoms with van der Waals surface area (Å²) in [7, 11) is 0. The summed E-state index contributed by atoms with van der Waals surface area (Å²) in [4.78, 5) is 8.55. The second-order valence-corrected chi connectivity index (χ2v) is 4.13. The zero-order valence-corrected chi connectivity index (χ0v) is 11.5. The Kier molecular flexibility index (Phi) is 14.7. The summed E-state index contributed by atoms with van der Waals surface area (Å²) in [5.41, 5.74) is 0. The van der Waals surface area contributed by atoms with Gasteiger partial charge < -0.3 is 4.74 Å². The molecule has 0 spiro atoms. The SMILES string of the molecule is CCCCCN=CCOCC=NCCCCC. The van der Waals surface area contributed by atoms with E-state index in [0.717, 1.165) is 13.1 Å². The predicted molar refractivity (Wildman–Crippen MR) is 76.6 cm³/mol. The van der Waals surface area contributed by atoms with Crippen molar-refractivity contribution in [2.75, 3.05) is 26.3 Å². The fraction of sp³-hybridized carbons (Fsp3) is 0.857. The van der Waals surface area contributed by atoms with Crippen LogP contribution in [-0.4, -0.2) is 38.7 Å². The van der Waals surface area contributed by atoms with Gasteiger partial charge in [0, 0.05) is 25.5 Å². The molecular weight excluding hydrogens is 212 g/mol. The minimum atomic E-state index is 0.604. The van der Waals surface area contributed by atoms with E-state index in [4.69, 9.17) is 4.74 Å². The van der Waals surface area contributed by atoms with Gasteiger partial charge in [0.25, 0.3) is 0 Å². The maximum atomic E-state index is 5.35. The number of rotatable bonds is 12. The van der Waals surface area contributed by atoms with E-state index in [2.05, 4.69) is 23.8 Å². The summed E-state index contributed by atoms with van der Waals surface area (Å²) in [6, 6.07) is 0. The van der Waals surface area contributed by atoms with Gasteiger partial charge in [0.05, 0.1) is 13.2 Å². The molecule has 3 heteroatoms. The molecule has 3 nitrogen and oxygen atoms in total. The number of ether oxygens (including phenoxy) is 1. The highest BCUT2D eigenvalue weighted by molar-refractivity contribution is 5.61. The monoisotopic (exact) mass is 240 g/mol. The largest absolute Gasteiger partial charge is 0.370 e. The van der Waals surface area contributed by atoms with Gasteiger partial charge in [0.15, 0.2) is 0 Å². The first kappa shape index (κ1) is 16.3. The minimum Gasteiger partial charge on any atom is -0.370 e. The summed E-state index contributed by atoms with van der Waals surface area (Å²) in [6.07, 6.45) is 11.1. The lowest BCUT2D eigenvalue weighted by molar-refractivity contribution is 0.220. The first-order valence-electron chi connectivity index (χ1n) is 6.96. The Morgan fingerprint density at radius 2 is 1.24 bits per heavy atom. The highest BCUT2D eigenvalue weighted by Gasteiger charge is 1.84. The Balaban J connectivity index is 3.11. The summed E-state index contributed by atoms with van der Waals surface area (Å²) in [5.74, 6) is 0. The van der Waals surface area contributed by atoms with Gasteiger partial charge >= 0.3 is 0 Å². The summed E-state index contributed by atoms with van der Waals surface area (Å²) >= 11 is 0. The van der Waals surface area contributed by atoms with Crippen molar-refractivity contribution in [3.63, 3.8) is 0 Å². The maximum absolute atomic E-state index is 5.35. The van der Waals surface area contributed by atoms with Gasteiger partial charge in [-0.2, -0.15) is 0 Å². The molecule has 0 saturated heterocycles. The maximum Gasteiger partial charge on any atom is 0.0819 e. The predicted octanol–water partition coefficient (Wildman–Crippen LogP) is 3.53. The van der Waals surface area contributed by atoms with Crippen molar-refractivity contribution in [1.82, 2.24) is 0 Å². The molecule has 0 fully saturated rings. The van der Waals surface area contributed by atoms with E-state index in [9.17, 15) is 0 Å². The van der Waals surface area contributed by atoms with Crippen LogP contribution in [0.4, 0.5) is 0 Å². The van der Waals surface area contributed by atoms with Crippen LogP contribution < -0.4 is 0 Å². The molecule has 0 bridgehead atoms. The molecule has 0 atom stereocenters. The number of hydrogen-bond donors (Lipinski definition) is 0. The van der Waals surface area contributed by atoms with Crippen LogP contribution in [0.5, 0.6) is 0 Å². The van der Waals surface area contributed by atoms with Crippen LogP contribution in [0.1, 0.15) is 52.4 Å². The fourth-order valence-corrected chi connectivity index (χ4v) is 1.37. The molecule has 0 aromatic carbocycles. The molecule has 0 heterocycles. The van der Waals surface area contributed by atoms with Gasteiger partial charge in [-0.25, -0.2) is 0 Å². The van der Waals surface area contributed by atoms with Crippen LogP contribution >= 0.6 is 0 Å². The van der Waals surface area contributed by atoms with Crippen molar-refractivity contribution in [3.05, 3.63) is 0 Å². The van der Waals surface area contributed by atoms with Crippen LogP contribution in [0.15, 0.2) is 9.98 Å². The summed E-state index contributed by atoms with van der Waals surface area (Å²) < 4.78 is 5.35. The average Bonchev–Trinajstić information content (AvgIpc) is 2.35. The molecule has 0 aliphatic carbocycles. The molecule has 0 radical (unpaired) electrons. The molecule has 0 N–H and O–H groups in total. The highest BCUT2D eigenvalue weighted by atomic mass is 16.5. The Morgan fingerprint density at radius 3 is 1.65 bits per heavy atom. The Morgan fingerprint density at radius 1 is 0.765 bits per heavy atom. The molecule has 0 aliphatic rings. The van der Waals surface area contributed by atoms with E-state index in [0.29, 0.717) is 13.2 Å². The Bertz CT molecular complexity index is 171. The third-order valence-corrected chi connectivity index (χ3v) is 2.42.